The smallest absolute Gasteiger partial charge is 0.416 e. The zero-order valence-electron chi connectivity index (χ0n) is 16.9. The molecule has 4 rings (SSSR count). The second-order valence-electron chi connectivity index (χ2n) is 8.17. The van der Waals surface area contributed by atoms with Gasteiger partial charge in [0.05, 0.1) is 11.8 Å². The molecule has 1 aromatic carbocycles. The number of aromatic nitrogens is 3. The Labute approximate surface area is 172 Å². The van der Waals surface area contributed by atoms with E-state index in [1.807, 2.05) is 0 Å². The van der Waals surface area contributed by atoms with Crippen molar-refractivity contribution in [1.82, 2.24) is 14.6 Å². The van der Waals surface area contributed by atoms with Crippen molar-refractivity contribution in [3.8, 4) is 0 Å². The van der Waals surface area contributed by atoms with Crippen LogP contribution in [0.4, 0.5) is 26.5 Å². The van der Waals surface area contributed by atoms with Crippen LogP contribution in [0.1, 0.15) is 44.0 Å². The highest BCUT2D eigenvalue weighted by atomic mass is 19.1. The molecule has 0 aliphatic heterocycles. The molecule has 1 N–H and O–H groups in total. The number of carbonyl (C=O) groups is 2. The van der Waals surface area contributed by atoms with Gasteiger partial charge in [-0.3, -0.25) is 9.69 Å². The van der Waals surface area contributed by atoms with Gasteiger partial charge in [-0.25, -0.2) is 14.2 Å². The Kier molecular flexibility index (Phi) is 4.89. The third-order valence-electron chi connectivity index (χ3n) is 4.45. The van der Waals surface area contributed by atoms with Gasteiger partial charge in [-0.2, -0.15) is 9.61 Å². The monoisotopic (exact) mass is 411 g/mol. The molecular formula is C21H22FN5O3. The van der Waals surface area contributed by atoms with Crippen molar-refractivity contribution in [2.45, 2.75) is 45.3 Å². The topological polar surface area (TPSA) is 88.8 Å². The summed E-state index contributed by atoms with van der Waals surface area (Å²) in [5.41, 5.74) is 0.381. The molecule has 2 heterocycles. The molecule has 8 nitrogen and oxygen atoms in total. The van der Waals surface area contributed by atoms with Crippen molar-refractivity contribution >= 4 is 35.3 Å². The van der Waals surface area contributed by atoms with Crippen LogP contribution in [0.3, 0.4) is 0 Å². The number of hydrogen-bond acceptors (Lipinski definition) is 6. The van der Waals surface area contributed by atoms with E-state index in [0.717, 1.165) is 12.8 Å². The first-order chi connectivity index (χ1) is 14.2. The number of hydrogen-bond donors (Lipinski definition) is 1. The minimum absolute atomic E-state index is 0.0312. The Morgan fingerprint density at radius 1 is 1.33 bits per heavy atom. The summed E-state index contributed by atoms with van der Waals surface area (Å²) in [4.78, 5) is 30.4. The van der Waals surface area contributed by atoms with Gasteiger partial charge in [0.1, 0.15) is 23.1 Å². The fraction of sp³-hybridized carbons (Fsp3) is 0.333. The minimum Gasteiger partial charge on any atom is -0.443 e. The third-order valence-corrected chi connectivity index (χ3v) is 4.45. The van der Waals surface area contributed by atoms with Crippen LogP contribution in [0.5, 0.6) is 0 Å². The first-order valence-corrected chi connectivity index (χ1v) is 9.64. The summed E-state index contributed by atoms with van der Waals surface area (Å²) < 4.78 is 20.6. The maximum absolute atomic E-state index is 13.6. The number of carbonyl (C=O) groups excluding carboxylic acids is 2. The van der Waals surface area contributed by atoms with Crippen LogP contribution in [0.2, 0.25) is 0 Å². The molecule has 2 aromatic heterocycles. The molecule has 0 spiro atoms. The first kappa shape index (κ1) is 19.8. The van der Waals surface area contributed by atoms with Crippen LogP contribution in [0.15, 0.2) is 36.5 Å². The Morgan fingerprint density at radius 3 is 2.73 bits per heavy atom. The van der Waals surface area contributed by atoms with E-state index in [4.69, 9.17) is 4.74 Å². The van der Waals surface area contributed by atoms with Gasteiger partial charge >= 0.3 is 6.09 Å². The molecule has 1 amide bonds. The highest BCUT2D eigenvalue weighted by molar-refractivity contribution is 5.91. The third kappa shape index (κ3) is 4.10. The Balaban J connectivity index is 1.81. The van der Waals surface area contributed by atoms with E-state index in [1.54, 1.807) is 39.0 Å². The zero-order valence-corrected chi connectivity index (χ0v) is 16.9. The number of fused-ring (bicyclic) bond motifs is 1. The lowest BCUT2D eigenvalue weighted by atomic mass is 10.2. The molecule has 3 aromatic rings. The van der Waals surface area contributed by atoms with Crippen LogP contribution in [0, 0.1) is 5.82 Å². The Hall–Kier alpha value is -3.49. The molecule has 0 bridgehead atoms. The molecule has 1 aliphatic rings. The van der Waals surface area contributed by atoms with Gasteiger partial charge in [-0.15, -0.1) is 0 Å². The number of aldehydes is 1. The molecule has 1 fully saturated rings. The number of ether oxygens (including phenoxy) is 1. The highest BCUT2D eigenvalue weighted by Gasteiger charge is 2.38. The summed E-state index contributed by atoms with van der Waals surface area (Å²) in [5.74, 6) is 0.372. The number of benzene rings is 1. The molecular weight excluding hydrogens is 389 g/mol. The lowest BCUT2D eigenvalue weighted by Gasteiger charge is -2.27. The van der Waals surface area contributed by atoms with E-state index in [1.165, 1.54) is 27.7 Å². The zero-order chi connectivity index (χ0) is 21.5. The molecule has 0 unspecified atom stereocenters. The number of anilines is 3. The molecule has 156 valence electrons. The largest absolute Gasteiger partial charge is 0.443 e. The molecule has 9 heteroatoms. The normalized spacial score (nSPS) is 13.9. The SMILES string of the molecule is CC(C)(C)OC(=O)N(c1cc(Nc2cccc(F)c2)nc2c(C=O)cnn12)C1CC1. The van der Waals surface area contributed by atoms with Gasteiger partial charge in [-0.05, 0) is 51.8 Å². The summed E-state index contributed by atoms with van der Waals surface area (Å²) in [6.45, 7) is 5.40. The number of amides is 1. The van der Waals surface area contributed by atoms with E-state index >= 15 is 0 Å². The Morgan fingerprint density at radius 2 is 2.10 bits per heavy atom. The Bertz CT molecular complexity index is 1120. The fourth-order valence-corrected chi connectivity index (χ4v) is 3.07. The van der Waals surface area contributed by atoms with Gasteiger partial charge in [-0.1, -0.05) is 6.07 Å². The number of nitrogens with one attached hydrogen (secondary N) is 1. The molecule has 1 saturated carbocycles. The van der Waals surface area contributed by atoms with Gasteiger partial charge < -0.3 is 10.1 Å². The molecule has 0 atom stereocenters. The maximum Gasteiger partial charge on any atom is 0.416 e. The van der Waals surface area contributed by atoms with Gasteiger partial charge in [0.2, 0.25) is 0 Å². The van der Waals surface area contributed by atoms with Crippen LogP contribution in [-0.4, -0.2) is 38.6 Å². The second-order valence-corrected chi connectivity index (χ2v) is 8.17. The highest BCUT2D eigenvalue weighted by Crippen LogP contribution is 2.35. The van der Waals surface area contributed by atoms with Crippen molar-refractivity contribution in [2.75, 3.05) is 10.2 Å². The van der Waals surface area contributed by atoms with Gasteiger partial charge in [0, 0.05) is 17.8 Å². The molecule has 30 heavy (non-hydrogen) atoms. The maximum atomic E-state index is 13.6. The van der Waals surface area contributed by atoms with E-state index in [2.05, 4.69) is 15.4 Å². The van der Waals surface area contributed by atoms with Crippen molar-refractivity contribution in [1.29, 1.82) is 0 Å². The van der Waals surface area contributed by atoms with Crippen molar-refractivity contribution in [2.24, 2.45) is 0 Å². The molecule has 0 saturated heterocycles. The second kappa shape index (κ2) is 7.40. The molecule has 1 aliphatic carbocycles. The fourth-order valence-electron chi connectivity index (χ4n) is 3.07. The van der Waals surface area contributed by atoms with Crippen LogP contribution in [-0.2, 0) is 4.74 Å². The lowest BCUT2D eigenvalue weighted by molar-refractivity contribution is 0.0576. The van der Waals surface area contributed by atoms with E-state index in [0.29, 0.717) is 23.6 Å². The van der Waals surface area contributed by atoms with E-state index in [9.17, 15) is 14.0 Å². The van der Waals surface area contributed by atoms with Crippen LogP contribution in [0.25, 0.3) is 5.65 Å². The lowest BCUT2D eigenvalue weighted by Crippen LogP contribution is -2.39. The predicted molar refractivity (Wildman–Crippen MR) is 110 cm³/mol. The van der Waals surface area contributed by atoms with Crippen LogP contribution >= 0.6 is 0 Å². The summed E-state index contributed by atoms with van der Waals surface area (Å²) in [7, 11) is 0. The summed E-state index contributed by atoms with van der Waals surface area (Å²) in [5, 5.41) is 7.28. The number of rotatable bonds is 5. The van der Waals surface area contributed by atoms with Crippen molar-refractivity contribution < 1.29 is 18.7 Å². The first-order valence-electron chi connectivity index (χ1n) is 9.64. The number of halogens is 1. The quantitative estimate of drug-likeness (QED) is 0.629. The average Bonchev–Trinajstić information content (AvgIpc) is 3.39. The summed E-state index contributed by atoms with van der Waals surface area (Å²) in [6, 6.07) is 7.54. The molecule has 0 radical (unpaired) electrons. The summed E-state index contributed by atoms with van der Waals surface area (Å²) in [6.07, 6.45) is 3.21. The van der Waals surface area contributed by atoms with Gasteiger partial charge in [0.25, 0.3) is 0 Å². The van der Waals surface area contributed by atoms with E-state index in [-0.39, 0.29) is 17.3 Å². The minimum atomic E-state index is -0.670. The van der Waals surface area contributed by atoms with Crippen molar-refractivity contribution in [3.05, 3.63) is 47.9 Å². The van der Waals surface area contributed by atoms with Crippen LogP contribution < -0.4 is 10.2 Å². The number of nitrogens with zero attached hydrogens (tertiary/aromatic N) is 4. The van der Waals surface area contributed by atoms with E-state index < -0.39 is 17.5 Å². The predicted octanol–water partition coefficient (Wildman–Crippen LogP) is 4.33. The summed E-state index contributed by atoms with van der Waals surface area (Å²) >= 11 is 0. The average molecular weight is 411 g/mol. The van der Waals surface area contributed by atoms with Crippen molar-refractivity contribution in [3.63, 3.8) is 0 Å². The standard InChI is InChI=1S/C21H22FN5O3/c1-21(2,3)30-20(29)26(16-7-8-16)18-10-17(24-15-6-4-5-14(22)9-15)25-19-13(12-28)11-23-27(18)19/h4-6,9-12,16H,7-8H2,1-3H3,(H,24,25). The van der Waals surface area contributed by atoms with Gasteiger partial charge in [0.15, 0.2) is 11.9 Å².